The second-order valence-corrected chi connectivity index (χ2v) is 5.05. The topological polar surface area (TPSA) is 28.7 Å². The summed E-state index contributed by atoms with van der Waals surface area (Å²) in [5.41, 5.74) is 3.81. The van der Waals surface area contributed by atoms with Crippen LogP contribution in [0.4, 0.5) is 0 Å². The lowest BCUT2D eigenvalue weighted by molar-refractivity contribution is 0.872. The summed E-state index contributed by atoms with van der Waals surface area (Å²) >= 11 is 3.39. The van der Waals surface area contributed by atoms with Crippen molar-refractivity contribution in [3.05, 3.63) is 57.8 Å². The monoisotopic (exact) mass is 300 g/mol. The van der Waals surface area contributed by atoms with E-state index in [2.05, 4.69) is 26.6 Å². The summed E-state index contributed by atoms with van der Waals surface area (Å²) < 4.78 is 3.08. The molecule has 2 aromatic rings. The van der Waals surface area contributed by atoms with Gasteiger partial charge in [0.2, 0.25) is 0 Å². The Kier molecular flexibility index (Phi) is 3.69. The van der Waals surface area contributed by atoms with Crippen LogP contribution in [0.2, 0.25) is 0 Å². The molecule has 0 saturated heterocycles. The van der Waals surface area contributed by atoms with Crippen molar-refractivity contribution in [1.29, 1.82) is 5.26 Å². The molecule has 2 nitrogen and oxygen atoms in total. The summed E-state index contributed by atoms with van der Waals surface area (Å²) in [7, 11) is 2.00. The Morgan fingerprint density at radius 2 is 1.89 bits per heavy atom. The Morgan fingerprint density at radius 1 is 1.22 bits per heavy atom. The lowest BCUT2D eigenvalue weighted by Gasteiger charge is -2.03. The number of aryl methyl sites for hydroxylation is 1. The first-order valence-electron chi connectivity index (χ1n) is 5.62. The molecule has 90 valence electrons. The largest absolute Gasteiger partial charge is 0.348 e. The molecule has 0 spiro atoms. The summed E-state index contributed by atoms with van der Waals surface area (Å²) in [6.45, 7) is 2.04. The van der Waals surface area contributed by atoms with E-state index in [0.717, 1.165) is 15.7 Å². The quantitative estimate of drug-likeness (QED) is 0.766. The molecule has 1 aromatic carbocycles. The van der Waals surface area contributed by atoms with Crippen molar-refractivity contribution < 1.29 is 0 Å². The predicted octanol–water partition coefficient (Wildman–Crippen LogP) is 4.16. The lowest BCUT2D eigenvalue weighted by Crippen LogP contribution is -1.93. The van der Waals surface area contributed by atoms with Gasteiger partial charge >= 0.3 is 0 Å². The molecule has 0 amide bonds. The molecule has 0 fully saturated rings. The van der Waals surface area contributed by atoms with E-state index in [4.69, 9.17) is 0 Å². The summed E-state index contributed by atoms with van der Waals surface area (Å²) in [5.74, 6) is 0. The standard InChI is InChI=1S/C15H13BrN2/c1-11-3-8-15(18(11)2)9-13(10-17)12-4-6-14(16)7-5-12/h3-9H,1-2H3/b13-9-. The van der Waals surface area contributed by atoms with E-state index >= 15 is 0 Å². The van der Waals surface area contributed by atoms with Gasteiger partial charge < -0.3 is 4.57 Å². The fourth-order valence-electron chi connectivity index (χ4n) is 1.74. The van der Waals surface area contributed by atoms with Gasteiger partial charge in [0.1, 0.15) is 0 Å². The molecule has 2 rings (SSSR count). The molecular weight excluding hydrogens is 288 g/mol. The summed E-state index contributed by atoms with van der Waals surface area (Å²) in [4.78, 5) is 0. The molecule has 0 radical (unpaired) electrons. The average Bonchev–Trinajstić information content (AvgIpc) is 2.69. The van der Waals surface area contributed by atoms with E-state index in [-0.39, 0.29) is 0 Å². The summed E-state index contributed by atoms with van der Waals surface area (Å²) in [5, 5.41) is 9.27. The first-order valence-corrected chi connectivity index (χ1v) is 6.41. The van der Waals surface area contributed by atoms with E-state index in [0.29, 0.717) is 5.57 Å². The fraction of sp³-hybridized carbons (Fsp3) is 0.133. The van der Waals surface area contributed by atoms with Gasteiger partial charge in [0, 0.05) is 22.9 Å². The van der Waals surface area contributed by atoms with Crippen molar-refractivity contribution in [3.63, 3.8) is 0 Å². The molecule has 0 aliphatic heterocycles. The third-order valence-electron chi connectivity index (χ3n) is 2.98. The van der Waals surface area contributed by atoms with Gasteiger partial charge in [-0.05, 0) is 42.8 Å². The zero-order chi connectivity index (χ0) is 13.1. The highest BCUT2D eigenvalue weighted by Crippen LogP contribution is 2.20. The van der Waals surface area contributed by atoms with Crippen molar-refractivity contribution in [2.45, 2.75) is 6.92 Å². The van der Waals surface area contributed by atoms with Crippen molar-refractivity contribution in [1.82, 2.24) is 4.57 Å². The van der Waals surface area contributed by atoms with Crippen LogP contribution in [0, 0.1) is 18.3 Å². The summed E-state index contributed by atoms with van der Waals surface area (Å²) in [6.07, 6.45) is 1.91. The van der Waals surface area contributed by atoms with Gasteiger partial charge in [-0.2, -0.15) is 5.26 Å². The Bertz CT molecular complexity index is 628. The second-order valence-electron chi connectivity index (χ2n) is 4.14. The Morgan fingerprint density at radius 3 is 2.39 bits per heavy atom. The lowest BCUT2D eigenvalue weighted by atomic mass is 10.1. The Hall–Kier alpha value is -1.79. The van der Waals surface area contributed by atoms with Crippen LogP contribution in [0.5, 0.6) is 0 Å². The molecule has 0 bridgehead atoms. The number of aromatic nitrogens is 1. The highest BCUT2D eigenvalue weighted by molar-refractivity contribution is 9.10. The van der Waals surface area contributed by atoms with Crippen molar-refractivity contribution in [3.8, 4) is 6.07 Å². The maximum absolute atomic E-state index is 9.27. The highest BCUT2D eigenvalue weighted by Gasteiger charge is 2.03. The van der Waals surface area contributed by atoms with Crippen LogP contribution in [0.25, 0.3) is 11.6 Å². The van der Waals surface area contributed by atoms with Crippen molar-refractivity contribution in [2.24, 2.45) is 7.05 Å². The highest BCUT2D eigenvalue weighted by atomic mass is 79.9. The molecule has 0 N–H and O–H groups in total. The van der Waals surface area contributed by atoms with E-state index in [9.17, 15) is 5.26 Å². The number of benzene rings is 1. The molecule has 0 aliphatic carbocycles. The van der Waals surface area contributed by atoms with Crippen LogP contribution in [-0.2, 0) is 7.05 Å². The van der Waals surface area contributed by atoms with E-state index in [1.165, 1.54) is 5.69 Å². The molecule has 0 saturated carbocycles. The number of nitriles is 1. The van der Waals surface area contributed by atoms with Crippen LogP contribution in [0.3, 0.4) is 0 Å². The molecule has 18 heavy (non-hydrogen) atoms. The van der Waals surface area contributed by atoms with Crippen molar-refractivity contribution in [2.75, 3.05) is 0 Å². The maximum Gasteiger partial charge on any atom is 0.0998 e. The molecule has 0 aliphatic rings. The first-order chi connectivity index (χ1) is 8.61. The molecule has 0 unspecified atom stereocenters. The fourth-order valence-corrected chi connectivity index (χ4v) is 2.00. The van der Waals surface area contributed by atoms with Gasteiger partial charge in [0.15, 0.2) is 0 Å². The third-order valence-corrected chi connectivity index (χ3v) is 3.51. The molecule has 1 aromatic heterocycles. The first kappa shape index (κ1) is 12.7. The van der Waals surface area contributed by atoms with E-state index in [1.807, 2.05) is 56.4 Å². The smallest absolute Gasteiger partial charge is 0.0998 e. The van der Waals surface area contributed by atoms with Gasteiger partial charge in [-0.25, -0.2) is 0 Å². The molecule has 1 heterocycles. The minimum Gasteiger partial charge on any atom is -0.348 e. The van der Waals surface area contributed by atoms with Gasteiger partial charge in [-0.15, -0.1) is 0 Å². The Labute approximate surface area is 115 Å². The zero-order valence-corrected chi connectivity index (χ0v) is 11.9. The summed E-state index contributed by atoms with van der Waals surface area (Å²) in [6, 6.07) is 14.1. The predicted molar refractivity (Wildman–Crippen MR) is 77.8 cm³/mol. The molecule has 0 atom stereocenters. The second kappa shape index (κ2) is 5.24. The number of allylic oxidation sites excluding steroid dienone is 1. The van der Waals surface area contributed by atoms with Crippen LogP contribution >= 0.6 is 15.9 Å². The minimum absolute atomic E-state index is 0.670. The van der Waals surface area contributed by atoms with Gasteiger partial charge in [0.05, 0.1) is 11.6 Å². The van der Waals surface area contributed by atoms with Crippen molar-refractivity contribution >= 4 is 27.6 Å². The Balaban J connectivity index is 2.43. The van der Waals surface area contributed by atoms with Crippen LogP contribution in [0.1, 0.15) is 17.0 Å². The van der Waals surface area contributed by atoms with Crippen LogP contribution in [0.15, 0.2) is 40.9 Å². The zero-order valence-electron chi connectivity index (χ0n) is 10.3. The van der Waals surface area contributed by atoms with E-state index in [1.54, 1.807) is 0 Å². The number of hydrogen-bond donors (Lipinski definition) is 0. The number of hydrogen-bond acceptors (Lipinski definition) is 1. The number of rotatable bonds is 2. The van der Waals surface area contributed by atoms with Crippen LogP contribution < -0.4 is 0 Å². The normalized spacial score (nSPS) is 11.3. The van der Waals surface area contributed by atoms with Gasteiger partial charge in [-0.3, -0.25) is 0 Å². The van der Waals surface area contributed by atoms with Gasteiger partial charge in [0.25, 0.3) is 0 Å². The third kappa shape index (κ3) is 2.55. The molecule has 3 heteroatoms. The van der Waals surface area contributed by atoms with Crippen LogP contribution in [-0.4, -0.2) is 4.57 Å². The van der Waals surface area contributed by atoms with Gasteiger partial charge in [-0.1, -0.05) is 28.1 Å². The molecular formula is C15H13BrN2. The maximum atomic E-state index is 9.27. The minimum atomic E-state index is 0.670. The SMILES string of the molecule is Cc1ccc(/C=C(/C#N)c2ccc(Br)cc2)n1C. The average molecular weight is 301 g/mol. The number of halogens is 1. The number of nitrogens with zero attached hydrogens (tertiary/aromatic N) is 2. The van der Waals surface area contributed by atoms with E-state index < -0.39 is 0 Å².